The zero-order valence-corrected chi connectivity index (χ0v) is 7.95. The molecule has 0 aliphatic carbocycles. The summed E-state index contributed by atoms with van der Waals surface area (Å²) in [6.07, 6.45) is 0. The van der Waals surface area contributed by atoms with Crippen molar-refractivity contribution in [3.05, 3.63) is 0 Å². The van der Waals surface area contributed by atoms with Gasteiger partial charge in [0.1, 0.15) is 0 Å². The molecule has 1 N–H and O–H groups in total. The van der Waals surface area contributed by atoms with Crippen molar-refractivity contribution in [1.82, 2.24) is 4.90 Å². The van der Waals surface area contributed by atoms with Crippen LogP contribution in [0.1, 0.15) is 13.8 Å². The average Bonchev–Trinajstić information content (AvgIpc) is 1.95. The lowest BCUT2D eigenvalue weighted by Gasteiger charge is -2.39. The number of aliphatic carboxylic acids is 1. The van der Waals surface area contributed by atoms with E-state index in [1.54, 1.807) is 13.8 Å². The second-order valence-corrected chi connectivity index (χ2v) is 4.21. The number of hydrogen-bond donors (Lipinski definition) is 1. The number of rotatable bonds is 3. The van der Waals surface area contributed by atoms with Gasteiger partial charge in [-0.25, -0.2) is 0 Å². The minimum absolute atomic E-state index is 0.101. The standard InChI is InChI=1S/C9H14N2O2/c1-9(2,8(12)13)6-11-4-7(3-10)5-11/h7H,4-6H2,1-2H3,(H,12,13). The smallest absolute Gasteiger partial charge is 0.310 e. The van der Waals surface area contributed by atoms with Gasteiger partial charge in [0, 0.05) is 19.6 Å². The second-order valence-electron chi connectivity index (χ2n) is 4.21. The summed E-state index contributed by atoms with van der Waals surface area (Å²) in [5, 5.41) is 17.4. The summed E-state index contributed by atoms with van der Waals surface area (Å²) in [6.45, 7) is 5.37. The minimum atomic E-state index is -0.784. The highest BCUT2D eigenvalue weighted by Crippen LogP contribution is 2.23. The minimum Gasteiger partial charge on any atom is -0.481 e. The molecule has 4 nitrogen and oxygen atoms in total. The van der Waals surface area contributed by atoms with E-state index in [1.165, 1.54) is 0 Å². The van der Waals surface area contributed by atoms with E-state index in [0.29, 0.717) is 19.6 Å². The Morgan fingerprint density at radius 1 is 1.69 bits per heavy atom. The maximum Gasteiger partial charge on any atom is 0.310 e. The number of carbonyl (C=O) groups is 1. The van der Waals surface area contributed by atoms with Crippen LogP contribution < -0.4 is 0 Å². The van der Waals surface area contributed by atoms with E-state index < -0.39 is 11.4 Å². The van der Waals surface area contributed by atoms with Crippen molar-refractivity contribution in [2.45, 2.75) is 13.8 Å². The molecule has 1 heterocycles. The van der Waals surface area contributed by atoms with Crippen LogP contribution in [0.2, 0.25) is 0 Å². The van der Waals surface area contributed by atoms with Gasteiger partial charge in [0.05, 0.1) is 17.4 Å². The van der Waals surface area contributed by atoms with Crippen molar-refractivity contribution < 1.29 is 9.90 Å². The fourth-order valence-corrected chi connectivity index (χ4v) is 1.41. The topological polar surface area (TPSA) is 64.3 Å². The number of likely N-dealkylation sites (tertiary alicyclic amines) is 1. The molecule has 0 radical (unpaired) electrons. The van der Waals surface area contributed by atoms with Gasteiger partial charge in [-0.3, -0.25) is 9.69 Å². The van der Waals surface area contributed by atoms with E-state index in [0.717, 1.165) is 0 Å². The van der Waals surface area contributed by atoms with Gasteiger partial charge in [-0.2, -0.15) is 5.26 Å². The monoisotopic (exact) mass is 182 g/mol. The molecule has 1 rings (SSSR count). The van der Waals surface area contributed by atoms with Crippen LogP contribution in [-0.4, -0.2) is 35.6 Å². The first-order valence-corrected chi connectivity index (χ1v) is 4.31. The summed E-state index contributed by atoms with van der Waals surface area (Å²) < 4.78 is 0. The van der Waals surface area contributed by atoms with Crippen LogP contribution in [0.3, 0.4) is 0 Å². The molecule has 4 heteroatoms. The highest BCUT2D eigenvalue weighted by molar-refractivity contribution is 5.73. The van der Waals surface area contributed by atoms with Crippen LogP contribution in [0.4, 0.5) is 0 Å². The molecule has 1 aliphatic rings. The summed E-state index contributed by atoms with van der Waals surface area (Å²) in [5.41, 5.74) is -0.708. The zero-order chi connectivity index (χ0) is 10.1. The van der Waals surface area contributed by atoms with Gasteiger partial charge in [-0.1, -0.05) is 0 Å². The van der Waals surface area contributed by atoms with Crippen LogP contribution in [0.25, 0.3) is 0 Å². The molecule has 0 bridgehead atoms. The van der Waals surface area contributed by atoms with Crippen molar-refractivity contribution >= 4 is 5.97 Å². The first-order valence-electron chi connectivity index (χ1n) is 4.31. The molecule has 0 amide bonds. The van der Waals surface area contributed by atoms with Gasteiger partial charge in [0.25, 0.3) is 0 Å². The molecular formula is C9H14N2O2. The summed E-state index contributed by atoms with van der Waals surface area (Å²) in [5.74, 6) is -0.683. The molecule has 0 spiro atoms. The van der Waals surface area contributed by atoms with Gasteiger partial charge < -0.3 is 5.11 Å². The fraction of sp³-hybridized carbons (Fsp3) is 0.778. The number of carboxylic acid groups (broad SMARTS) is 1. The molecule has 13 heavy (non-hydrogen) atoms. The summed E-state index contributed by atoms with van der Waals surface area (Å²) in [6, 6.07) is 2.16. The third-order valence-corrected chi connectivity index (χ3v) is 2.34. The van der Waals surface area contributed by atoms with Crippen molar-refractivity contribution in [3.8, 4) is 6.07 Å². The Morgan fingerprint density at radius 2 is 2.23 bits per heavy atom. The molecule has 0 saturated carbocycles. The fourth-order valence-electron chi connectivity index (χ4n) is 1.41. The molecule has 0 aromatic rings. The largest absolute Gasteiger partial charge is 0.481 e. The van der Waals surface area contributed by atoms with Gasteiger partial charge in [0.2, 0.25) is 0 Å². The second kappa shape index (κ2) is 3.35. The van der Waals surface area contributed by atoms with Crippen molar-refractivity contribution in [2.75, 3.05) is 19.6 Å². The van der Waals surface area contributed by atoms with Crippen molar-refractivity contribution in [3.63, 3.8) is 0 Å². The molecule has 0 aromatic carbocycles. The summed E-state index contributed by atoms with van der Waals surface area (Å²) in [7, 11) is 0. The molecule has 1 saturated heterocycles. The highest BCUT2D eigenvalue weighted by atomic mass is 16.4. The number of carboxylic acids is 1. The lowest BCUT2D eigenvalue weighted by Crippen LogP contribution is -2.51. The number of nitriles is 1. The first kappa shape index (κ1) is 10.0. The molecule has 0 atom stereocenters. The third-order valence-electron chi connectivity index (χ3n) is 2.34. The Balaban J connectivity index is 2.36. The Bertz CT molecular complexity index is 249. The summed E-state index contributed by atoms with van der Waals surface area (Å²) in [4.78, 5) is 12.8. The van der Waals surface area contributed by atoms with E-state index in [9.17, 15) is 4.79 Å². The van der Waals surface area contributed by atoms with Crippen molar-refractivity contribution in [1.29, 1.82) is 5.26 Å². The molecule has 0 unspecified atom stereocenters. The van der Waals surface area contributed by atoms with E-state index in [4.69, 9.17) is 10.4 Å². The predicted molar refractivity (Wildman–Crippen MR) is 47.0 cm³/mol. The molecule has 72 valence electrons. The lowest BCUT2D eigenvalue weighted by atomic mass is 9.90. The molecule has 1 fully saturated rings. The molecule has 0 aromatic heterocycles. The van der Waals surface area contributed by atoms with Gasteiger partial charge >= 0.3 is 5.97 Å². The Morgan fingerprint density at radius 3 is 2.62 bits per heavy atom. The van der Waals surface area contributed by atoms with Gasteiger partial charge in [-0.15, -0.1) is 0 Å². The van der Waals surface area contributed by atoms with E-state index in [-0.39, 0.29) is 5.92 Å². The van der Waals surface area contributed by atoms with Crippen LogP contribution in [0, 0.1) is 22.7 Å². The predicted octanol–water partition coefficient (Wildman–Crippen LogP) is 0.553. The van der Waals surface area contributed by atoms with E-state index in [2.05, 4.69) is 6.07 Å². The first-order chi connectivity index (χ1) is 5.95. The van der Waals surface area contributed by atoms with Gasteiger partial charge in [-0.05, 0) is 13.8 Å². The van der Waals surface area contributed by atoms with Crippen LogP contribution in [0.5, 0.6) is 0 Å². The number of nitrogens with zero attached hydrogens (tertiary/aromatic N) is 2. The Kier molecular flexibility index (Phi) is 2.58. The average molecular weight is 182 g/mol. The van der Waals surface area contributed by atoms with E-state index >= 15 is 0 Å². The quantitative estimate of drug-likeness (QED) is 0.692. The lowest BCUT2D eigenvalue weighted by molar-refractivity contribution is -0.148. The SMILES string of the molecule is CC(C)(CN1CC(C#N)C1)C(=O)O. The van der Waals surface area contributed by atoms with E-state index in [1.807, 2.05) is 4.90 Å². The molecule has 1 aliphatic heterocycles. The third kappa shape index (κ3) is 2.19. The van der Waals surface area contributed by atoms with Crippen molar-refractivity contribution in [2.24, 2.45) is 11.3 Å². The van der Waals surface area contributed by atoms with Gasteiger partial charge in [0.15, 0.2) is 0 Å². The summed E-state index contributed by atoms with van der Waals surface area (Å²) >= 11 is 0. The van der Waals surface area contributed by atoms with Crippen LogP contribution in [-0.2, 0) is 4.79 Å². The number of hydrogen-bond acceptors (Lipinski definition) is 3. The normalized spacial score (nSPS) is 19.2. The maximum absolute atomic E-state index is 10.8. The maximum atomic E-state index is 10.8. The zero-order valence-electron chi connectivity index (χ0n) is 7.95. The molecular weight excluding hydrogens is 168 g/mol. The Labute approximate surface area is 77.8 Å². The highest BCUT2D eigenvalue weighted by Gasteiger charge is 2.35. The van der Waals surface area contributed by atoms with Crippen LogP contribution >= 0.6 is 0 Å². The Hall–Kier alpha value is -1.08. The van der Waals surface area contributed by atoms with Crippen LogP contribution in [0.15, 0.2) is 0 Å².